The van der Waals surface area contributed by atoms with Crippen molar-refractivity contribution in [2.45, 2.75) is 49.7 Å². The standard InChI is InChI=1S/C15H16F3NO2S/c1-13(2,3)22(21)19-12(15(16,17)18)14(19)8-9-6-4-5-7-10(9)11(14)20/h4-7,12H,8H2,1-3H3/t12?,14-,19?,22?/m1/s1. The van der Waals surface area contributed by atoms with Gasteiger partial charge in [-0.2, -0.15) is 17.5 Å². The molecule has 1 aromatic carbocycles. The molecule has 1 aliphatic heterocycles. The number of Topliss-reactive ketones (excluding diaryl/α,β-unsaturated/α-hetero) is 1. The van der Waals surface area contributed by atoms with Crippen molar-refractivity contribution < 1.29 is 22.2 Å². The molecule has 1 aromatic rings. The minimum absolute atomic E-state index is 0.0337. The first kappa shape index (κ1) is 15.7. The molecule has 3 nitrogen and oxygen atoms in total. The van der Waals surface area contributed by atoms with Gasteiger partial charge in [-0.1, -0.05) is 24.3 Å². The topological polar surface area (TPSA) is 37.1 Å². The molecule has 2 aliphatic rings. The van der Waals surface area contributed by atoms with E-state index >= 15 is 0 Å². The van der Waals surface area contributed by atoms with Gasteiger partial charge >= 0.3 is 6.18 Å². The van der Waals surface area contributed by atoms with Crippen LogP contribution in [0.2, 0.25) is 0 Å². The Kier molecular flexibility index (Phi) is 3.14. The first-order valence-electron chi connectivity index (χ1n) is 6.92. The Morgan fingerprint density at radius 3 is 2.32 bits per heavy atom. The van der Waals surface area contributed by atoms with Gasteiger partial charge in [0.05, 0.1) is 4.75 Å². The molecule has 4 atom stereocenters. The van der Waals surface area contributed by atoms with E-state index in [1.165, 1.54) is 6.07 Å². The van der Waals surface area contributed by atoms with Gasteiger partial charge in [-0.15, -0.1) is 0 Å². The smallest absolute Gasteiger partial charge is 0.292 e. The highest BCUT2D eigenvalue weighted by Crippen LogP contribution is 2.58. The van der Waals surface area contributed by atoms with Crippen LogP contribution in [0.15, 0.2) is 24.3 Å². The number of carbonyl (C=O) groups is 1. The van der Waals surface area contributed by atoms with Crippen LogP contribution in [0.25, 0.3) is 0 Å². The molecule has 0 aromatic heterocycles. The van der Waals surface area contributed by atoms with Crippen LogP contribution >= 0.6 is 0 Å². The number of halogens is 3. The van der Waals surface area contributed by atoms with Crippen LogP contribution in [-0.2, 0) is 17.4 Å². The summed E-state index contributed by atoms with van der Waals surface area (Å²) in [7, 11) is -1.90. The molecule has 0 bridgehead atoms. The van der Waals surface area contributed by atoms with Crippen molar-refractivity contribution >= 4 is 16.8 Å². The van der Waals surface area contributed by atoms with Gasteiger partial charge in [0, 0.05) is 12.0 Å². The van der Waals surface area contributed by atoms with Crippen molar-refractivity contribution in [3.63, 3.8) is 0 Å². The lowest BCUT2D eigenvalue weighted by molar-refractivity contribution is -0.135. The highest BCUT2D eigenvalue weighted by molar-refractivity contribution is 7.84. The summed E-state index contributed by atoms with van der Waals surface area (Å²) in [6.45, 7) is 4.82. The summed E-state index contributed by atoms with van der Waals surface area (Å²) in [6, 6.07) is 4.55. The summed E-state index contributed by atoms with van der Waals surface area (Å²) in [5, 5.41) is 0. The molecule has 0 amide bonds. The molecule has 1 aliphatic carbocycles. The Morgan fingerprint density at radius 2 is 1.82 bits per heavy atom. The van der Waals surface area contributed by atoms with E-state index in [2.05, 4.69) is 0 Å². The molecule has 120 valence electrons. The minimum Gasteiger partial charge on any atom is -0.292 e. The SMILES string of the molecule is CC(C)(C)S(=O)N1C(C(F)(F)F)[C@]12Cc1ccccc1C2=O. The van der Waals surface area contributed by atoms with Crippen LogP contribution in [0.1, 0.15) is 36.7 Å². The maximum absolute atomic E-state index is 13.4. The Balaban J connectivity index is 2.07. The summed E-state index contributed by atoms with van der Waals surface area (Å²) in [5.41, 5.74) is -0.819. The van der Waals surface area contributed by atoms with E-state index in [0.29, 0.717) is 11.1 Å². The Morgan fingerprint density at radius 1 is 1.23 bits per heavy atom. The predicted molar refractivity (Wildman–Crippen MR) is 76.8 cm³/mol. The van der Waals surface area contributed by atoms with Crippen molar-refractivity contribution in [1.82, 2.24) is 4.31 Å². The number of fused-ring (bicyclic) bond motifs is 1. The maximum Gasteiger partial charge on any atom is 0.407 e. The summed E-state index contributed by atoms with van der Waals surface area (Å²) in [5.74, 6) is -0.567. The van der Waals surface area contributed by atoms with E-state index in [1.807, 2.05) is 0 Å². The van der Waals surface area contributed by atoms with Gasteiger partial charge in [0.1, 0.15) is 22.6 Å². The van der Waals surface area contributed by atoms with Gasteiger partial charge in [0.25, 0.3) is 0 Å². The average molecular weight is 331 g/mol. The van der Waals surface area contributed by atoms with Crippen molar-refractivity contribution in [2.75, 3.05) is 0 Å². The Hall–Kier alpha value is -1.21. The highest BCUT2D eigenvalue weighted by Gasteiger charge is 2.81. The van der Waals surface area contributed by atoms with Gasteiger partial charge in [0.15, 0.2) is 5.78 Å². The molecule has 1 heterocycles. The maximum atomic E-state index is 13.4. The van der Waals surface area contributed by atoms with Crippen LogP contribution in [0.4, 0.5) is 13.2 Å². The fourth-order valence-corrected chi connectivity index (χ4v) is 4.72. The number of nitrogens with zero attached hydrogens (tertiary/aromatic N) is 1. The third-order valence-corrected chi connectivity index (χ3v) is 6.08. The fraction of sp³-hybridized carbons (Fsp3) is 0.533. The van der Waals surface area contributed by atoms with Gasteiger partial charge < -0.3 is 0 Å². The lowest BCUT2D eigenvalue weighted by Crippen LogP contribution is -2.34. The lowest BCUT2D eigenvalue weighted by atomic mass is 10.00. The monoisotopic (exact) mass is 331 g/mol. The molecular weight excluding hydrogens is 315 g/mol. The molecule has 1 spiro atoms. The molecule has 7 heteroatoms. The van der Waals surface area contributed by atoms with Crippen molar-refractivity contribution in [3.05, 3.63) is 35.4 Å². The highest BCUT2D eigenvalue weighted by atomic mass is 32.2. The first-order chi connectivity index (χ1) is 10.0. The summed E-state index contributed by atoms with van der Waals surface area (Å²) in [6.07, 6.45) is -4.62. The molecule has 22 heavy (non-hydrogen) atoms. The van der Waals surface area contributed by atoms with E-state index in [-0.39, 0.29) is 6.42 Å². The second-order valence-corrected chi connectivity index (χ2v) is 8.84. The van der Waals surface area contributed by atoms with E-state index < -0.39 is 39.3 Å². The molecule has 1 fully saturated rings. The second-order valence-electron chi connectivity index (χ2n) is 6.72. The molecule has 3 rings (SSSR count). The van der Waals surface area contributed by atoms with Crippen LogP contribution < -0.4 is 0 Å². The predicted octanol–water partition coefficient (Wildman–Crippen LogP) is 2.87. The third-order valence-electron chi connectivity index (χ3n) is 4.14. The van der Waals surface area contributed by atoms with Crippen molar-refractivity contribution in [1.29, 1.82) is 0 Å². The number of alkyl halides is 3. The average Bonchev–Trinajstić information content (AvgIpc) is 2.97. The van der Waals surface area contributed by atoms with Gasteiger partial charge in [-0.05, 0) is 26.3 Å². The minimum atomic E-state index is -4.58. The van der Waals surface area contributed by atoms with E-state index in [4.69, 9.17) is 0 Å². The molecule has 0 N–H and O–H groups in total. The number of carbonyl (C=O) groups excluding carboxylic acids is 1. The number of rotatable bonds is 1. The second kappa shape index (κ2) is 4.41. The van der Waals surface area contributed by atoms with Crippen molar-refractivity contribution in [3.8, 4) is 0 Å². The van der Waals surface area contributed by atoms with Crippen LogP contribution in [0.3, 0.4) is 0 Å². The zero-order chi connectivity index (χ0) is 16.5. The Bertz CT molecular complexity index is 680. The molecular formula is C15H16F3NO2S. The molecule has 0 saturated carbocycles. The first-order valence-corrected chi connectivity index (χ1v) is 8.02. The molecule has 1 saturated heterocycles. The molecule has 0 radical (unpaired) electrons. The van der Waals surface area contributed by atoms with E-state index in [9.17, 15) is 22.2 Å². The van der Waals surface area contributed by atoms with Crippen LogP contribution in [0.5, 0.6) is 0 Å². The van der Waals surface area contributed by atoms with Gasteiger partial charge in [-0.3, -0.25) is 4.79 Å². The third kappa shape index (κ3) is 1.98. The summed E-state index contributed by atoms with van der Waals surface area (Å²) >= 11 is 0. The number of hydrogen-bond donors (Lipinski definition) is 0. The summed E-state index contributed by atoms with van der Waals surface area (Å²) < 4.78 is 52.7. The van der Waals surface area contributed by atoms with Crippen LogP contribution in [0, 0.1) is 0 Å². The normalized spacial score (nSPS) is 32.2. The van der Waals surface area contributed by atoms with Crippen LogP contribution in [-0.4, -0.2) is 36.8 Å². The van der Waals surface area contributed by atoms with Crippen molar-refractivity contribution in [2.24, 2.45) is 0 Å². The van der Waals surface area contributed by atoms with Gasteiger partial charge in [-0.25, -0.2) is 4.21 Å². The largest absolute Gasteiger partial charge is 0.407 e. The summed E-state index contributed by atoms with van der Waals surface area (Å²) in [4.78, 5) is 12.6. The Labute approximate surface area is 129 Å². The van der Waals surface area contributed by atoms with E-state index in [0.717, 1.165) is 4.31 Å². The fourth-order valence-electron chi connectivity index (χ4n) is 3.15. The lowest BCUT2D eigenvalue weighted by Gasteiger charge is -2.20. The van der Waals surface area contributed by atoms with Gasteiger partial charge in [0.2, 0.25) is 0 Å². The zero-order valence-corrected chi connectivity index (χ0v) is 13.2. The number of hydrogen-bond acceptors (Lipinski definition) is 2. The zero-order valence-electron chi connectivity index (χ0n) is 12.4. The molecule has 3 unspecified atom stereocenters. The van der Waals surface area contributed by atoms with E-state index in [1.54, 1.807) is 39.0 Å². The number of ketones is 1. The quantitative estimate of drug-likeness (QED) is 0.742. The number of benzene rings is 1.